The van der Waals surface area contributed by atoms with Crippen molar-refractivity contribution in [3.63, 3.8) is 0 Å². The topological polar surface area (TPSA) is 144 Å². The van der Waals surface area contributed by atoms with Crippen molar-refractivity contribution in [1.29, 1.82) is 0 Å². The van der Waals surface area contributed by atoms with Crippen LogP contribution in [0.2, 0.25) is 0 Å². The molecular formula is C16H20F3NO10. The normalized spacial score (nSPS) is 26.2. The average Bonchev–Trinajstić information content (AvgIpc) is 2.56. The summed E-state index contributed by atoms with van der Waals surface area (Å²) in [5.41, 5.74) is 0. The van der Waals surface area contributed by atoms with Crippen LogP contribution < -0.4 is 5.32 Å². The van der Waals surface area contributed by atoms with Gasteiger partial charge in [-0.3, -0.25) is 24.0 Å². The van der Waals surface area contributed by atoms with Gasteiger partial charge in [0, 0.05) is 27.7 Å². The Morgan fingerprint density at radius 2 is 1.27 bits per heavy atom. The van der Waals surface area contributed by atoms with Crippen molar-refractivity contribution >= 4 is 29.8 Å². The molecule has 14 heteroatoms. The first kappa shape index (κ1) is 25.1. The number of nitrogens with one attached hydrogen (secondary N) is 1. The second kappa shape index (κ2) is 10.2. The van der Waals surface area contributed by atoms with E-state index >= 15 is 0 Å². The molecule has 0 spiro atoms. The van der Waals surface area contributed by atoms with Crippen molar-refractivity contribution < 1.29 is 60.8 Å². The molecule has 11 nitrogen and oxygen atoms in total. The van der Waals surface area contributed by atoms with Gasteiger partial charge in [0.25, 0.3) is 0 Å². The zero-order chi connectivity index (χ0) is 23.2. The maximum Gasteiger partial charge on any atom is 0.471 e. The Bertz CT molecular complexity index is 695. The lowest BCUT2D eigenvalue weighted by molar-refractivity contribution is -0.259. The zero-order valence-corrected chi connectivity index (χ0v) is 16.3. The van der Waals surface area contributed by atoms with E-state index in [0.717, 1.165) is 27.7 Å². The van der Waals surface area contributed by atoms with E-state index in [1.54, 1.807) is 0 Å². The fourth-order valence-corrected chi connectivity index (χ4v) is 2.56. The van der Waals surface area contributed by atoms with Crippen LogP contribution in [0.4, 0.5) is 13.2 Å². The summed E-state index contributed by atoms with van der Waals surface area (Å²) >= 11 is 0. The Morgan fingerprint density at radius 1 is 0.800 bits per heavy atom. The second-order valence-electron chi connectivity index (χ2n) is 6.09. The predicted octanol–water partition coefficient (Wildman–Crippen LogP) is -0.252. The highest BCUT2D eigenvalue weighted by atomic mass is 19.4. The van der Waals surface area contributed by atoms with Crippen LogP contribution in [0.1, 0.15) is 27.7 Å². The van der Waals surface area contributed by atoms with E-state index in [9.17, 15) is 37.1 Å². The highest BCUT2D eigenvalue weighted by Gasteiger charge is 2.54. The number of amides is 1. The van der Waals surface area contributed by atoms with Gasteiger partial charge in [-0.2, -0.15) is 13.2 Å². The Morgan fingerprint density at radius 3 is 1.70 bits per heavy atom. The maximum absolute atomic E-state index is 12.7. The van der Waals surface area contributed by atoms with E-state index in [0.29, 0.717) is 0 Å². The number of alkyl halides is 3. The number of esters is 4. The van der Waals surface area contributed by atoms with E-state index < -0.39 is 73.2 Å². The molecule has 1 fully saturated rings. The van der Waals surface area contributed by atoms with Gasteiger partial charge in [0.05, 0.1) is 0 Å². The molecule has 0 aromatic carbocycles. The van der Waals surface area contributed by atoms with E-state index in [1.165, 1.54) is 5.32 Å². The Kier molecular flexibility index (Phi) is 8.57. The molecule has 1 saturated heterocycles. The summed E-state index contributed by atoms with van der Waals surface area (Å²) in [5.74, 6) is -6.14. The molecule has 1 rings (SSSR count). The fourth-order valence-electron chi connectivity index (χ4n) is 2.56. The molecule has 1 N–H and O–H groups in total. The summed E-state index contributed by atoms with van der Waals surface area (Å²) in [4.78, 5) is 57.0. The van der Waals surface area contributed by atoms with Gasteiger partial charge in [0.2, 0.25) is 0 Å². The third-order valence-corrected chi connectivity index (χ3v) is 3.52. The number of carbonyl (C=O) groups excluding carboxylic acids is 5. The van der Waals surface area contributed by atoms with Crippen LogP contribution in [0.5, 0.6) is 0 Å². The average molecular weight is 443 g/mol. The van der Waals surface area contributed by atoms with Crippen molar-refractivity contribution in [2.45, 2.75) is 64.5 Å². The lowest BCUT2D eigenvalue weighted by Gasteiger charge is -2.44. The van der Waals surface area contributed by atoms with Crippen molar-refractivity contribution in [2.75, 3.05) is 6.61 Å². The zero-order valence-electron chi connectivity index (χ0n) is 16.3. The molecule has 0 aliphatic carbocycles. The van der Waals surface area contributed by atoms with Crippen molar-refractivity contribution in [2.24, 2.45) is 0 Å². The first-order valence-electron chi connectivity index (χ1n) is 8.40. The Balaban J connectivity index is 3.37. The maximum atomic E-state index is 12.7. The van der Waals surface area contributed by atoms with Crippen molar-refractivity contribution in [3.05, 3.63) is 0 Å². The molecule has 1 heterocycles. The standard InChI is InChI=1S/C16H20F3NO10/c1-6(21)26-5-10-11(27-7(2)22)12(28-8(3)23)13(29-9(4)24)14(30-10)20-15(25)16(17,18)19/h10-14H,5H2,1-4H3,(H,20,25)/t10-,11+,12+,13-,14-/m1/s1. The number of carbonyl (C=O) groups is 5. The van der Waals surface area contributed by atoms with Gasteiger partial charge >= 0.3 is 36.0 Å². The highest BCUT2D eigenvalue weighted by molar-refractivity contribution is 5.82. The van der Waals surface area contributed by atoms with Gasteiger partial charge in [0.1, 0.15) is 12.7 Å². The van der Waals surface area contributed by atoms with Gasteiger partial charge < -0.3 is 29.0 Å². The van der Waals surface area contributed by atoms with Crippen LogP contribution >= 0.6 is 0 Å². The van der Waals surface area contributed by atoms with Gasteiger partial charge in [-0.25, -0.2) is 0 Å². The van der Waals surface area contributed by atoms with Crippen LogP contribution in [0, 0.1) is 0 Å². The largest absolute Gasteiger partial charge is 0.471 e. The minimum absolute atomic E-state index is 0.643. The number of rotatable bonds is 6. The minimum atomic E-state index is -5.32. The molecular weight excluding hydrogens is 423 g/mol. The van der Waals surface area contributed by atoms with Gasteiger partial charge in [-0.15, -0.1) is 0 Å². The first-order valence-corrected chi connectivity index (χ1v) is 8.40. The molecule has 30 heavy (non-hydrogen) atoms. The van der Waals surface area contributed by atoms with Gasteiger partial charge in [-0.05, 0) is 0 Å². The molecule has 0 radical (unpaired) electrons. The molecule has 5 atom stereocenters. The summed E-state index contributed by atoms with van der Waals surface area (Å²) in [6.07, 6.45) is -13.8. The molecule has 170 valence electrons. The van der Waals surface area contributed by atoms with E-state index in [4.69, 9.17) is 23.7 Å². The van der Waals surface area contributed by atoms with Crippen molar-refractivity contribution in [1.82, 2.24) is 5.32 Å². The number of halogens is 3. The second-order valence-corrected chi connectivity index (χ2v) is 6.09. The monoisotopic (exact) mass is 443 g/mol. The first-order chi connectivity index (χ1) is 13.7. The third kappa shape index (κ3) is 7.50. The molecule has 1 amide bonds. The molecule has 1 aliphatic rings. The lowest BCUT2D eigenvalue weighted by atomic mass is 9.97. The van der Waals surface area contributed by atoms with Crippen LogP contribution in [0.3, 0.4) is 0 Å². The molecule has 0 bridgehead atoms. The van der Waals surface area contributed by atoms with E-state index in [1.807, 2.05) is 0 Å². The predicted molar refractivity (Wildman–Crippen MR) is 86.2 cm³/mol. The van der Waals surface area contributed by atoms with Crippen LogP contribution in [0.25, 0.3) is 0 Å². The minimum Gasteiger partial charge on any atom is -0.463 e. The Hall–Kier alpha value is -2.90. The van der Waals surface area contributed by atoms with Crippen LogP contribution in [-0.2, 0) is 47.7 Å². The van der Waals surface area contributed by atoms with Crippen molar-refractivity contribution in [3.8, 4) is 0 Å². The highest BCUT2D eigenvalue weighted by Crippen LogP contribution is 2.29. The SMILES string of the molecule is CC(=O)OC[C@H]1O[C@@H](NC(=O)C(F)(F)F)[C@H](OC(C)=O)[C@@H](OC(C)=O)[C@H]1OC(C)=O. The van der Waals surface area contributed by atoms with Crippen LogP contribution in [-0.4, -0.2) is 73.2 Å². The Labute approximate surface area is 168 Å². The molecule has 0 aromatic rings. The van der Waals surface area contributed by atoms with Gasteiger partial charge in [0.15, 0.2) is 24.5 Å². The lowest BCUT2D eigenvalue weighted by Crippen LogP contribution is -2.67. The quantitative estimate of drug-likeness (QED) is 0.431. The summed E-state index contributed by atoms with van der Waals surface area (Å²) in [6, 6.07) is 0. The van der Waals surface area contributed by atoms with E-state index in [2.05, 4.69) is 0 Å². The summed E-state index contributed by atoms with van der Waals surface area (Å²) in [5, 5.41) is 1.47. The number of hydrogen-bond donors (Lipinski definition) is 1. The summed E-state index contributed by atoms with van der Waals surface area (Å²) in [6.45, 7) is 3.20. The number of hydrogen-bond acceptors (Lipinski definition) is 10. The van der Waals surface area contributed by atoms with E-state index in [-0.39, 0.29) is 0 Å². The number of ether oxygens (including phenoxy) is 5. The molecule has 0 aromatic heterocycles. The summed E-state index contributed by atoms with van der Waals surface area (Å²) in [7, 11) is 0. The summed E-state index contributed by atoms with van der Waals surface area (Å²) < 4.78 is 63.1. The smallest absolute Gasteiger partial charge is 0.463 e. The molecule has 1 aliphatic heterocycles. The van der Waals surface area contributed by atoms with Gasteiger partial charge in [-0.1, -0.05) is 0 Å². The fraction of sp³-hybridized carbons (Fsp3) is 0.688. The van der Waals surface area contributed by atoms with Crippen LogP contribution in [0.15, 0.2) is 0 Å². The molecule has 0 unspecified atom stereocenters. The third-order valence-electron chi connectivity index (χ3n) is 3.52. The molecule has 0 saturated carbocycles.